The minimum Gasteiger partial charge on any atom is -0.382 e. The fraction of sp³-hybridized carbons (Fsp3) is 0.111. The monoisotopic (exact) mass is 442 g/mol. The lowest BCUT2D eigenvalue weighted by Crippen LogP contribution is -2.06. The molecule has 0 saturated carbocycles. The van der Waals surface area contributed by atoms with Gasteiger partial charge in [0.1, 0.15) is 17.4 Å². The first kappa shape index (κ1) is 20.7. The van der Waals surface area contributed by atoms with Gasteiger partial charge in [-0.3, -0.25) is 14.9 Å². The van der Waals surface area contributed by atoms with E-state index in [0.29, 0.717) is 17.9 Å². The van der Waals surface area contributed by atoms with E-state index in [0.717, 1.165) is 11.8 Å². The van der Waals surface area contributed by atoms with Crippen molar-refractivity contribution >= 4 is 50.3 Å². The molecule has 0 aliphatic rings. The number of benzene rings is 2. The van der Waals surface area contributed by atoms with Crippen molar-refractivity contribution in [3.8, 4) is 6.07 Å². The Morgan fingerprint density at radius 2 is 2.14 bits per heavy atom. The van der Waals surface area contributed by atoms with Gasteiger partial charge in [0.25, 0.3) is 5.69 Å². The van der Waals surface area contributed by atoms with Gasteiger partial charge in [0.2, 0.25) is 5.91 Å². The van der Waals surface area contributed by atoms with E-state index in [4.69, 9.17) is 0 Å². The largest absolute Gasteiger partial charge is 0.382 e. The van der Waals surface area contributed by atoms with Crippen LogP contribution in [0, 0.1) is 21.4 Å². The van der Waals surface area contributed by atoms with Crippen molar-refractivity contribution in [2.45, 2.75) is 6.92 Å². The van der Waals surface area contributed by atoms with E-state index < -0.39 is 4.92 Å². The molecule has 0 fully saturated rings. The summed E-state index contributed by atoms with van der Waals surface area (Å²) < 4.78 is 0.257. The van der Waals surface area contributed by atoms with Crippen LogP contribution in [-0.4, -0.2) is 17.4 Å². The molecular weight excluding hydrogens is 428 g/mol. The Labute approximate surface area is 169 Å². The predicted octanol–water partition coefficient (Wildman–Crippen LogP) is 5.20. The summed E-state index contributed by atoms with van der Waals surface area (Å²) >= 11 is 3.18. The molecule has 1 amide bonds. The van der Waals surface area contributed by atoms with Crippen LogP contribution in [0.25, 0.3) is 0 Å². The molecule has 2 aromatic rings. The van der Waals surface area contributed by atoms with E-state index >= 15 is 0 Å². The summed E-state index contributed by atoms with van der Waals surface area (Å²) in [5.74, 6) is -0.286. The number of nitro benzene ring substituents is 1. The van der Waals surface area contributed by atoms with Gasteiger partial charge in [-0.1, -0.05) is 6.08 Å². The van der Waals surface area contributed by atoms with Gasteiger partial charge >= 0.3 is 0 Å². The van der Waals surface area contributed by atoms with E-state index in [2.05, 4.69) is 43.4 Å². The van der Waals surface area contributed by atoms with Crippen molar-refractivity contribution < 1.29 is 9.72 Å². The molecule has 0 bridgehead atoms. The predicted molar refractivity (Wildman–Crippen MR) is 109 cm³/mol. The highest BCUT2D eigenvalue weighted by atomic mass is 79.9. The minimum absolute atomic E-state index is 0.00447. The number of amides is 1. The van der Waals surface area contributed by atoms with Gasteiger partial charge in [0.05, 0.1) is 20.6 Å². The quantitative estimate of drug-likeness (QED) is 0.263. The van der Waals surface area contributed by atoms with Crippen molar-refractivity contribution in [2.24, 2.45) is 10.2 Å². The number of nitrogens with one attached hydrogen (secondary N) is 2. The molecule has 0 spiro atoms. The third-order valence-electron chi connectivity index (χ3n) is 3.39. The van der Waals surface area contributed by atoms with Crippen LogP contribution in [0.1, 0.15) is 12.5 Å². The summed E-state index contributed by atoms with van der Waals surface area (Å²) in [7, 11) is 0. The molecule has 0 radical (unpaired) electrons. The summed E-state index contributed by atoms with van der Waals surface area (Å²) in [6.07, 6.45) is 1.70. The number of halogens is 1. The Morgan fingerprint density at radius 1 is 1.39 bits per heavy atom. The molecule has 2 rings (SSSR count). The third-order valence-corrected chi connectivity index (χ3v) is 4.00. The van der Waals surface area contributed by atoms with Crippen LogP contribution in [0.2, 0.25) is 0 Å². The fourth-order valence-electron chi connectivity index (χ4n) is 2.19. The standard InChI is InChI=1S/C18H15BrN6O3/c1-3-6-21-13-4-5-16(17(8-13)22-11(2)26)23-24-18-12(10-20)7-14(25(27)28)9-15(18)19/h3-5,7-9,21H,1,6H2,2H3,(H,22,26). The number of nitrogens with zero attached hydrogens (tertiary/aromatic N) is 4. The maximum Gasteiger partial charge on any atom is 0.272 e. The number of hydrogen-bond donors (Lipinski definition) is 2. The first-order valence-corrected chi connectivity index (χ1v) is 8.71. The molecule has 0 unspecified atom stereocenters. The normalized spacial score (nSPS) is 10.3. The zero-order valence-corrected chi connectivity index (χ0v) is 16.4. The number of nitriles is 1. The van der Waals surface area contributed by atoms with Crippen LogP contribution in [0.5, 0.6) is 0 Å². The first-order valence-electron chi connectivity index (χ1n) is 7.92. The highest BCUT2D eigenvalue weighted by Gasteiger charge is 2.15. The Morgan fingerprint density at radius 3 is 2.75 bits per heavy atom. The zero-order chi connectivity index (χ0) is 20.7. The van der Waals surface area contributed by atoms with Gasteiger partial charge in [-0.2, -0.15) is 5.26 Å². The van der Waals surface area contributed by atoms with Gasteiger partial charge < -0.3 is 10.6 Å². The zero-order valence-electron chi connectivity index (χ0n) is 14.8. The molecule has 10 heteroatoms. The molecule has 0 atom stereocenters. The summed E-state index contributed by atoms with van der Waals surface area (Å²) in [6.45, 7) is 5.54. The topological polar surface area (TPSA) is 133 Å². The smallest absolute Gasteiger partial charge is 0.272 e. The molecule has 2 aromatic carbocycles. The van der Waals surface area contributed by atoms with E-state index in [1.165, 1.54) is 13.0 Å². The average molecular weight is 443 g/mol. The van der Waals surface area contributed by atoms with Gasteiger partial charge in [-0.15, -0.1) is 16.8 Å². The summed E-state index contributed by atoms with van der Waals surface area (Å²) in [5, 5.41) is 34.1. The number of carbonyl (C=O) groups is 1. The Kier molecular flexibility index (Phi) is 6.95. The highest BCUT2D eigenvalue weighted by molar-refractivity contribution is 9.10. The van der Waals surface area contributed by atoms with E-state index in [9.17, 15) is 20.2 Å². The number of azo groups is 1. The van der Waals surface area contributed by atoms with Crippen molar-refractivity contribution in [3.05, 3.63) is 63.1 Å². The summed E-state index contributed by atoms with van der Waals surface area (Å²) in [4.78, 5) is 21.8. The molecular formula is C18H15BrN6O3. The lowest BCUT2D eigenvalue weighted by atomic mass is 10.2. The fourth-order valence-corrected chi connectivity index (χ4v) is 2.72. The minimum atomic E-state index is -0.601. The molecule has 142 valence electrons. The van der Waals surface area contributed by atoms with Crippen LogP contribution in [0.4, 0.5) is 28.4 Å². The van der Waals surface area contributed by atoms with Crippen LogP contribution < -0.4 is 10.6 Å². The van der Waals surface area contributed by atoms with E-state index in [1.807, 2.05) is 6.07 Å². The van der Waals surface area contributed by atoms with Crippen molar-refractivity contribution in [1.82, 2.24) is 0 Å². The number of rotatable bonds is 7. The van der Waals surface area contributed by atoms with Crippen molar-refractivity contribution in [2.75, 3.05) is 17.2 Å². The number of nitro groups is 1. The van der Waals surface area contributed by atoms with Crippen LogP contribution in [-0.2, 0) is 4.79 Å². The molecule has 0 aliphatic heterocycles. The molecule has 0 heterocycles. The highest BCUT2D eigenvalue weighted by Crippen LogP contribution is 2.36. The third kappa shape index (κ3) is 5.21. The number of non-ortho nitro benzene ring substituents is 1. The lowest BCUT2D eigenvalue weighted by molar-refractivity contribution is -0.384. The van der Waals surface area contributed by atoms with Gasteiger partial charge in [-0.25, -0.2) is 0 Å². The van der Waals surface area contributed by atoms with E-state index in [-0.39, 0.29) is 27.3 Å². The second-order valence-electron chi connectivity index (χ2n) is 5.48. The molecule has 9 nitrogen and oxygen atoms in total. The molecule has 0 aromatic heterocycles. The Bertz CT molecular complexity index is 1010. The van der Waals surface area contributed by atoms with Crippen LogP contribution in [0.3, 0.4) is 0 Å². The van der Waals surface area contributed by atoms with Crippen molar-refractivity contribution in [1.29, 1.82) is 5.26 Å². The number of carbonyl (C=O) groups excluding carboxylic acids is 1. The first-order chi connectivity index (χ1) is 13.3. The van der Waals surface area contributed by atoms with Crippen LogP contribution >= 0.6 is 15.9 Å². The second-order valence-corrected chi connectivity index (χ2v) is 6.33. The molecule has 0 aliphatic carbocycles. The van der Waals surface area contributed by atoms with Gasteiger partial charge in [0.15, 0.2) is 0 Å². The van der Waals surface area contributed by atoms with Crippen molar-refractivity contribution in [3.63, 3.8) is 0 Å². The molecule has 2 N–H and O–H groups in total. The SMILES string of the molecule is C=CCNc1ccc(N=Nc2c(Br)cc([N+](=O)[O-])cc2C#N)c(NC(C)=O)c1. The maximum atomic E-state index is 11.5. The summed E-state index contributed by atoms with van der Waals surface area (Å²) in [5.41, 5.74) is 1.43. The maximum absolute atomic E-state index is 11.5. The lowest BCUT2D eigenvalue weighted by Gasteiger charge is -2.10. The summed E-state index contributed by atoms with van der Waals surface area (Å²) in [6, 6.07) is 9.32. The van der Waals surface area contributed by atoms with Gasteiger partial charge in [-0.05, 0) is 34.1 Å². The Hall–Kier alpha value is -3.58. The Balaban J connectivity index is 2.45. The molecule has 28 heavy (non-hydrogen) atoms. The van der Waals surface area contributed by atoms with Gasteiger partial charge in [0, 0.05) is 31.3 Å². The molecule has 0 saturated heterocycles. The second kappa shape index (κ2) is 9.38. The number of hydrogen-bond acceptors (Lipinski definition) is 7. The average Bonchev–Trinajstić information content (AvgIpc) is 2.65. The van der Waals surface area contributed by atoms with Crippen LogP contribution in [0.15, 0.2) is 57.7 Å². The number of anilines is 2. The van der Waals surface area contributed by atoms with E-state index in [1.54, 1.807) is 24.3 Å².